The van der Waals surface area contributed by atoms with Gasteiger partial charge in [0.2, 0.25) is 0 Å². The molecule has 2 unspecified atom stereocenters. The number of rotatable bonds is 5. The number of amides is 1. The monoisotopic (exact) mass is 443 g/mol. The lowest BCUT2D eigenvalue weighted by Gasteiger charge is -2.28. The van der Waals surface area contributed by atoms with Crippen LogP contribution in [0.4, 0.5) is 0 Å². The topological polar surface area (TPSA) is 76.1 Å². The van der Waals surface area contributed by atoms with Crippen LogP contribution in [0.1, 0.15) is 30.0 Å². The van der Waals surface area contributed by atoms with Crippen LogP contribution in [0.5, 0.6) is 5.75 Å². The Morgan fingerprint density at radius 3 is 2.58 bits per heavy atom. The third-order valence-corrected chi connectivity index (χ3v) is 6.42. The highest BCUT2D eigenvalue weighted by atomic mass is 16.5. The van der Waals surface area contributed by atoms with Gasteiger partial charge in [-0.3, -0.25) is 9.59 Å². The van der Waals surface area contributed by atoms with E-state index in [1.54, 1.807) is 19.2 Å². The number of aliphatic hydroxyl groups is 1. The Labute approximate surface area is 192 Å². The van der Waals surface area contributed by atoms with Gasteiger partial charge in [-0.2, -0.15) is 0 Å². The molecule has 2 heterocycles. The van der Waals surface area contributed by atoms with Gasteiger partial charge in [0.1, 0.15) is 11.5 Å². The van der Waals surface area contributed by atoms with Gasteiger partial charge in [0.15, 0.2) is 0 Å². The average molecular weight is 443 g/mol. The maximum Gasteiger partial charge on any atom is 0.295 e. The number of nitrogens with zero attached hydrogens (tertiary/aromatic N) is 1. The van der Waals surface area contributed by atoms with E-state index in [4.69, 9.17) is 9.47 Å². The number of ketones is 1. The Morgan fingerprint density at radius 1 is 1.06 bits per heavy atom. The van der Waals surface area contributed by atoms with Crippen LogP contribution in [0.25, 0.3) is 16.5 Å². The predicted octanol–water partition coefficient (Wildman–Crippen LogP) is 4.45. The summed E-state index contributed by atoms with van der Waals surface area (Å²) < 4.78 is 11.3. The molecular formula is C27H25NO5. The second-order valence-corrected chi connectivity index (χ2v) is 8.39. The normalized spacial score (nSPS) is 22.3. The first-order valence-electron chi connectivity index (χ1n) is 11.1. The van der Waals surface area contributed by atoms with Gasteiger partial charge in [0.25, 0.3) is 11.7 Å². The van der Waals surface area contributed by atoms with E-state index in [2.05, 4.69) is 0 Å². The van der Waals surface area contributed by atoms with Crippen LogP contribution in [0.3, 0.4) is 0 Å². The molecule has 0 aromatic heterocycles. The number of Topliss-reactive ketones (excluding diaryl/α,β-unsaturated/α-hetero) is 1. The van der Waals surface area contributed by atoms with Crippen LogP contribution in [0.15, 0.2) is 72.3 Å². The van der Waals surface area contributed by atoms with Crippen molar-refractivity contribution in [1.29, 1.82) is 0 Å². The molecule has 0 saturated carbocycles. The van der Waals surface area contributed by atoms with Crippen molar-refractivity contribution in [2.75, 3.05) is 20.3 Å². The number of aliphatic hydroxyl groups excluding tert-OH is 1. The smallest absolute Gasteiger partial charge is 0.295 e. The summed E-state index contributed by atoms with van der Waals surface area (Å²) >= 11 is 0. The molecule has 2 atom stereocenters. The number of carbonyl (C=O) groups excluding carboxylic acids is 2. The van der Waals surface area contributed by atoms with Gasteiger partial charge >= 0.3 is 0 Å². The number of hydrogen-bond donors (Lipinski definition) is 1. The fourth-order valence-electron chi connectivity index (χ4n) is 4.78. The molecule has 0 radical (unpaired) electrons. The molecule has 5 rings (SSSR count). The van der Waals surface area contributed by atoms with E-state index in [1.807, 2.05) is 54.6 Å². The van der Waals surface area contributed by atoms with Gasteiger partial charge in [0, 0.05) is 24.3 Å². The van der Waals surface area contributed by atoms with E-state index in [1.165, 1.54) is 4.90 Å². The number of fused-ring (bicyclic) bond motifs is 1. The summed E-state index contributed by atoms with van der Waals surface area (Å²) in [6, 6.07) is 19.8. The number of methoxy groups -OCH3 is 1. The SMILES string of the molecule is COc1ccccc1C1/C(=C(\O)c2ccc3ccccc3c2)C(=O)C(=O)N1CC1CCCO1. The van der Waals surface area contributed by atoms with Crippen molar-refractivity contribution in [1.82, 2.24) is 4.90 Å². The minimum Gasteiger partial charge on any atom is -0.507 e. The van der Waals surface area contributed by atoms with Crippen LogP contribution < -0.4 is 4.74 Å². The fraction of sp³-hybridized carbons (Fsp3) is 0.259. The van der Waals surface area contributed by atoms with Gasteiger partial charge in [-0.15, -0.1) is 0 Å². The Hall–Kier alpha value is -3.64. The lowest BCUT2D eigenvalue weighted by Crippen LogP contribution is -2.36. The van der Waals surface area contributed by atoms with Gasteiger partial charge in [-0.05, 0) is 35.7 Å². The molecule has 0 bridgehead atoms. The van der Waals surface area contributed by atoms with Gasteiger partial charge in [0.05, 0.1) is 24.8 Å². The molecule has 2 aliphatic heterocycles. The van der Waals surface area contributed by atoms with Crippen molar-refractivity contribution in [3.8, 4) is 5.75 Å². The number of carbonyl (C=O) groups is 2. The molecule has 2 saturated heterocycles. The first-order valence-corrected chi connectivity index (χ1v) is 11.1. The van der Waals surface area contributed by atoms with E-state index >= 15 is 0 Å². The van der Waals surface area contributed by atoms with Crippen molar-refractivity contribution < 1.29 is 24.2 Å². The Balaban J connectivity index is 1.67. The fourth-order valence-corrected chi connectivity index (χ4v) is 4.78. The summed E-state index contributed by atoms with van der Waals surface area (Å²) in [5.41, 5.74) is 1.21. The number of ether oxygens (including phenoxy) is 2. The molecular weight excluding hydrogens is 418 g/mol. The summed E-state index contributed by atoms with van der Waals surface area (Å²) in [5, 5.41) is 13.3. The Bertz CT molecular complexity index is 1260. The molecule has 3 aromatic carbocycles. The van der Waals surface area contributed by atoms with Crippen molar-refractivity contribution in [2.24, 2.45) is 0 Å². The maximum absolute atomic E-state index is 13.3. The van der Waals surface area contributed by atoms with E-state index in [0.29, 0.717) is 23.5 Å². The predicted molar refractivity (Wildman–Crippen MR) is 125 cm³/mol. The summed E-state index contributed by atoms with van der Waals surface area (Å²) in [6.45, 7) is 0.923. The van der Waals surface area contributed by atoms with Crippen molar-refractivity contribution in [2.45, 2.75) is 25.0 Å². The average Bonchev–Trinajstić information content (AvgIpc) is 3.45. The highest BCUT2D eigenvalue weighted by Gasteiger charge is 2.47. The first kappa shape index (κ1) is 21.2. The molecule has 2 fully saturated rings. The lowest BCUT2D eigenvalue weighted by molar-refractivity contribution is -0.140. The second kappa shape index (κ2) is 8.71. The lowest BCUT2D eigenvalue weighted by atomic mass is 9.94. The molecule has 33 heavy (non-hydrogen) atoms. The van der Waals surface area contributed by atoms with E-state index in [0.717, 1.165) is 23.6 Å². The third-order valence-electron chi connectivity index (χ3n) is 6.42. The molecule has 2 aliphatic rings. The molecule has 1 amide bonds. The third kappa shape index (κ3) is 3.76. The zero-order valence-corrected chi connectivity index (χ0v) is 18.4. The van der Waals surface area contributed by atoms with Gasteiger partial charge in [-0.25, -0.2) is 0 Å². The van der Waals surface area contributed by atoms with E-state index < -0.39 is 17.7 Å². The molecule has 6 nitrogen and oxygen atoms in total. The summed E-state index contributed by atoms with van der Waals surface area (Å²) in [5.74, 6) is -0.977. The van der Waals surface area contributed by atoms with E-state index in [-0.39, 0.29) is 24.0 Å². The van der Waals surface area contributed by atoms with Crippen LogP contribution in [0, 0.1) is 0 Å². The van der Waals surface area contributed by atoms with Crippen LogP contribution in [-0.4, -0.2) is 48.1 Å². The Morgan fingerprint density at radius 2 is 1.82 bits per heavy atom. The Kier molecular flexibility index (Phi) is 5.60. The van der Waals surface area contributed by atoms with Gasteiger partial charge < -0.3 is 19.5 Å². The minimum absolute atomic E-state index is 0.0674. The molecule has 168 valence electrons. The van der Waals surface area contributed by atoms with Crippen LogP contribution in [0.2, 0.25) is 0 Å². The quantitative estimate of drug-likeness (QED) is 0.358. The largest absolute Gasteiger partial charge is 0.507 e. The molecule has 0 spiro atoms. The highest BCUT2D eigenvalue weighted by molar-refractivity contribution is 6.46. The zero-order chi connectivity index (χ0) is 22.9. The van der Waals surface area contributed by atoms with Crippen molar-refractivity contribution in [3.05, 3.63) is 83.4 Å². The number of benzene rings is 3. The second-order valence-electron chi connectivity index (χ2n) is 8.39. The first-order chi connectivity index (χ1) is 16.1. The summed E-state index contributed by atoms with van der Waals surface area (Å²) in [6.07, 6.45) is 1.61. The summed E-state index contributed by atoms with van der Waals surface area (Å²) in [7, 11) is 1.55. The van der Waals surface area contributed by atoms with Crippen molar-refractivity contribution in [3.63, 3.8) is 0 Å². The standard InChI is InChI=1S/C27H25NO5/c1-32-22-11-5-4-10-21(22)24-23(26(30)27(31)28(24)16-20-9-6-14-33-20)25(29)19-13-12-17-7-2-3-8-18(17)15-19/h2-5,7-8,10-13,15,20,24,29H,6,9,14,16H2,1H3/b25-23+. The van der Waals surface area contributed by atoms with Crippen LogP contribution >= 0.6 is 0 Å². The number of hydrogen-bond acceptors (Lipinski definition) is 5. The highest BCUT2D eigenvalue weighted by Crippen LogP contribution is 2.43. The van der Waals surface area contributed by atoms with Crippen molar-refractivity contribution >= 4 is 28.2 Å². The molecule has 0 aliphatic carbocycles. The molecule has 1 N–H and O–H groups in total. The van der Waals surface area contributed by atoms with E-state index in [9.17, 15) is 14.7 Å². The summed E-state index contributed by atoms with van der Waals surface area (Å²) in [4.78, 5) is 27.9. The minimum atomic E-state index is -0.767. The number of para-hydroxylation sites is 1. The molecule has 3 aromatic rings. The maximum atomic E-state index is 13.3. The van der Waals surface area contributed by atoms with Crippen LogP contribution in [-0.2, 0) is 14.3 Å². The van der Waals surface area contributed by atoms with Gasteiger partial charge in [-0.1, -0.05) is 54.6 Å². The number of likely N-dealkylation sites (tertiary alicyclic amines) is 1. The molecule has 6 heteroatoms. The zero-order valence-electron chi connectivity index (χ0n) is 18.4.